The lowest BCUT2D eigenvalue weighted by molar-refractivity contribution is 0.0536. The Labute approximate surface area is 178 Å². The first-order valence-corrected chi connectivity index (χ1v) is 9.21. The second-order valence-electron chi connectivity index (χ2n) is 6.32. The molecule has 0 aliphatic rings. The number of rotatable bonds is 6. The van der Waals surface area contributed by atoms with Crippen molar-refractivity contribution in [3.05, 3.63) is 71.4 Å². The normalized spacial score (nSPS) is 10.3. The monoisotopic (exact) mass is 423 g/mol. The number of hydrogen-bond acceptors (Lipinski definition) is 7. The van der Waals surface area contributed by atoms with Gasteiger partial charge in [0.1, 0.15) is 22.6 Å². The number of para-hydroxylation sites is 1. The molecule has 0 bridgehead atoms. The summed E-state index contributed by atoms with van der Waals surface area (Å²) in [6, 6.07) is 15.6. The Kier molecular flexibility index (Phi) is 6.40. The first-order valence-electron chi connectivity index (χ1n) is 9.21. The summed E-state index contributed by atoms with van der Waals surface area (Å²) in [5, 5.41) is 0. The third-order valence-electron chi connectivity index (χ3n) is 4.71. The van der Waals surface area contributed by atoms with E-state index in [1.165, 1.54) is 25.9 Å². The molecule has 0 aliphatic carbocycles. The summed E-state index contributed by atoms with van der Waals surface area (Å²) in [5.74, 6) is -1.88. The van der Waals surface area contributed by atoms with E-state index in [0.717, 1.165) is 7.11 Å². The maximum atomic E-state index is 12.9. The Morgan fingerprint density at radius 2 is 1.23 bits per heavy atom. The van der Waals surface area contributed by atoms with Gasteiger partial charge in [0.05, 0.1) is 34.1 Å². The standard InChI is InChI=1S/C23H21NO7/c1-28-16-12-10-14(11-13-16)19-17(21(25)29-2)18(22(26)30-3)20(23(27)31-4)24(19)15-8-6-5-7-9-15/h5-13H,1-4H3. The molecule has 31 heavy (non-hydrogen) atoms. The van der Waals surface area contributed by atoms with Crippen LogP contribution in [0.1, 0.15) is 31.2 Å². The summed E-state index contributed by atoms with van der Waals surface area (Å²) in [7, 11) is 5.08. The molecule has 8 nitrogen and oxygen atoms in total. The summed E-state index contributed by atoms with van der Waals surface area (Å²) < 4.78 is 21.5. The number of aromatic nitrogens is 1. The van der Waals surface area contributed by atoms with Gasteiger partial charge in [0, 0.05) is 5.69 Å². The van der Waals surface area contributed by atoms with Crippen molar-refractivity contribution in [1.29, 1.82) is 0 Å². The molecule has 0 radical (unpaired) electrons. The molecule has 0 atom stereocenters. The van der Waals surface area contributed by atoms with E-state index < -0.39 is 17.9 Å². The predicted octanol–water partition coefficient (Wildman–Crippen LogP) is 3.51. The van der Waals surface area contributed by atoms with Gasteiger partial charge in [-0.2, -0.15) is 0 Å². The van der Waals surface area contributed by atoms with Gasteiger partial charge in [-0.15, -0.1) is 0 Å². The smallest absolute Gasteiger partial charge is 0.355 e. The third kappa shape index (κ3) is 3.87. The van der Waals surface area contributed by atoms with Crippen molar-refractivity contribution in [2.45, 2.75) is 0 Å². The van der Waals surface area contributed by atoms with Gasteiger partial charge < -0.3 is 23.5 Å². The molecule has 0 saturated carbocycles. The van der Waals surface area contributed by atoms with E-state index in [-0.39, 0.29) is 22.5 Å². The van der Waals surface area contributed by atoms with Gasteiger partial charge in [-0.05, 0) is 42.0 Å². The Bertz CT molecular complexity index is 1120. The number of methoxy groups -OCH3 is 4. The Balaban J connectivity index is 2.53. The van der Waals surface area contributed by atoms with E-state index in [2.05, 4.69) is 0 Å². The van der Waals surface area contributed by atoms with Crippen molar-refractivity contribution in [2.75, 3.05) is 28.4 Å². The maximum Gasteiger partial charge on any atom is 0.355 e. The average Bonchev–Trinajstić information content (AvgIpc) is 3.19. The zero-order valence-corrected chi connectivity index (χ0v) is 17.5. The Morgan fingerprint density at radius 3 is 1.74 bits per heavy atom. The van der Waals surface area contributed by atoms with Crippen molar-refractivity contribution in [2.24, 2.45) is 0 Å². The molecule has 2 aromatic carbocycles. The van der Waals surface area contributed by atoms with Crippen molar-refractivity contribution in [1.82, 2.24) is 4.57 Å². The molecule has 160 valence electrons. The first kappa shape index (κ1) is 21.6. The highest BCUT2D eigenvalue weighted by atomic mass is 16.5. The molecular weight excluding hydrogens is 402 g/mol. The zero-order chi connectivity index (χ0) is 22.5. The molecule has 1 heterocycles. The van der Waals surface area contributed by atoms with Crippen LogP contribution in [0.4, 0.5) is 0 Å². The molecule has 0 saturated heterocycles. The fourth-order valence-corrected chi connectivity index (χ4v) is 3.32. The van der Waals surface area contributed by atoms with Gasteiger partial charge in [-0.1, -0.05) is 18.2 Å². The molecule has 3 rings (SSSR count). The molecule has 0 aliphatic heterocycles. The molecule has 0 unspecified atom stereocenters. The highest BCUT2D eigenvalue weighted by molar-refractivity contribution is 6.14. The molecular formula is C23H21NO7. The quantitative estimate of drug-likeness (QED) is 0.442. The minimum absolute atomic E-state index is 0.108. The van der Waals surface area contributed by atoms with Crippen molar-refractivity contribution >= 4 is 17.9 Å². The zero-order valence-electron chi connectivity index (χ0n) is 17.5. The maximum absolute atomic E-state index is 12.9. The SMILES string of the molecule is COC(=O)c1c(C(=O)OC)c(-c2ccc(OC)cc2)n(-c2ccccc2)c1C(=O)OC. The molecule has 0 N–H and O–H groups in total. The van der Waals surface area contributed by atoms with Crippen molar-refractivity contribution in [3.63, 3.8) is 0 Å². The summed E-state index contributed by atoms with van der Waals surface area (Å²) >= 11 is 0. The van der Waals surface area contributed by atoms with Crippen LogP contribution in [-0.2, 0) is 14.2 Å². The van der Waals surface area contributed by atoms with Crippen molar-refractivity contribution < 1.29 is 33.3 Å². The minimum Gasteiger partial charge on any atom is -0.497 e. The lowest BCUT2D eigenvalue weighted by Crippen LogP contribution is -2.16. The summed E-state index contributed by atoms with van der Waals surface area (Å²) in [6.45, 7) is 0. The number of esters is 3. The van der Waals surface area contributed by atoms with Crippen LogP contribution in [0.25, 0.3) is 16.9 Å². The van der Waals surface area contributed by atoms with Gasteiger partial charge in [0.25, 0.3) is 0 Å². The van der Waals surface area contributed by atoms with Gasteiger partial charge in [0.2, 0.25) is 0 Å². The van der Waals surface area contributed by atoms with E-state index in [4.69, 9.17) is 18.9 Å². The number of hydrogen-bond donors (Lipinski definition) is 0. The van der Waals surface area contributed by atoms with E-state index in [9.17, 15) is 14.4 Å². The van der Waals surface area contributed by atoms with Crippen molar-refractivity contribution in [3.8, 4) is 22.7 Å². The molecule has 3 aromatic rings. The van der Waals surface area contributed by atoms with E-state index >= 15 is 0 Å². The number of carbonyl (C=O) groups is 3. The average molecular weight is 423 g/mol. The third-order valence-corrected chi connectivity index (χ3v) is 4.71. The lowest BCUT2D eigenvalue weighted by Gasteiger charge is -2.14. The topological polar surface area (TPSA) is 93.1 Å². The number of ether oxygens (including phenoxy) is 4. The van der Waals surface area contributed by atoms with Crippen LogP contribution in [0.2, 0.25) is 0 Å². The van der Waals surface area contributed by atoms with Crippen LogP contribution in [0.5, 0.6) is 5.75 Å². The van der Waals surface area contributed by atoms with Crippen LogP contribution in [0.15, 0.2) is 54.6 Å². The second kappa shape index (κ2) is 9.17. The van der Waals surface area contributed by atoms with Crippen LogP contribution in [0.3, 0.4) is 0 Å². The molecule has 0 amide bonds. The molecule has 8 heteroatoms. The van der Waals surface area contributed by atoms with Crippen LogP contribution in [0, 0.1) is 0 Å². The minimum atomic E-state index is -0.870. The van der Waals surface area contributed by atoms with Gasteiger partial charge in [-0.25, -0.2) is 14.4 Å². The summed E-state index contributed by atoms with van der Waals surface area (Å²) in [5.41, 5.74) is 0.868. The second-order valence-corrected chi connectivity index (χ2v) is 6.32. The fourth-order valence-electron chi connectivity index (χ4n) is 3.32. The first-order chi connectivity index (χ1) is 15.0. The van der Waals surface area contributed by atoms with E-state index in [0.29, 0.717) is 17.0 Å². The number of carbonyl (C=O) groups excluding carboxylic acids is 3. The number of nitrogens with zero attached hydrogens (tertiary/aromatic N) is 1. The lowest BCUT2D eigenvalue weighted by atomic mass is 10.0. The highest BCUT2D eigenvalue weighted by Gasteiger charge is 2.37. The van der Waals surface area contributed by atoms with Gasteiger partial charge in [0.15, 0.2) is 0 Å². The molecule has 0 fully saturated rings. The Morgan fingerprint density at radius 1 is 0.677 bits per heavy atom. The van der Waals surface area contributed by atoms with E-state index in [1.807, 2.05) is 0 Å². The van der Waals surface area contributed by atoms with Gasteiger partial charge in [-0.3, -0.25) is 0 Å². The van der Waals surface area contributed by atoms with Gasteiger partial charge >= 0.3 is 17.9 Å². The summed E-state index contributed by atoms with van der Waals surface area (Å²) in [4.78, 5) is 38.4. The fraction of sp³-hybridized carbons (Fsp3) is 0.174. The van der Waals surface area contributed by atoms with Crippen LogP contribution in [-0.4, -0.2) is 50.9 Å². The largest absolute Gasteiger partial charge is 0.497 e. The van der Waals surface area contributed by atoms with Crippen LogP contribution < -0.4 is 4.74 Å². The molecule has 0 spiro atoms. The van der Waals surface area contributed by atoms with Crippen LogP contribution >= 0.6 is 0 Å². The number of benzene rings is 2. The predicted molar refractivity (Wildman–Crippen MR) is 112 cm³/mol. The highest BCUT2D eigenvalue weighted by Crippen LogP contribution is 2.37. The molecule has 1 aromatic heterocycles. The summed E-state index contributed by atoms with van der Waals surface area (Å²) in [6.07, 6.45) is 0. The Hall–Kier alpha value is -4.07. The van der Waals surface area contributed by atoms with E-state index in [1.54, 1.807) is 54.6 Å².